The van der Waals surface area contributed by atoms with Crippen molar-refractivity contribution in [2.24, 2.45) is 23.2 Å². The highest BCUT2D eigenvalue weighted by molar-refractivity contribution is 7.66. The minimum absolute atomic E-state index is 0.155. The van der Waals surface area contributed by atoms with E-state index in [1.54, 1.807) is 6.66 Å². The molecule has 1 aromatic carbocycles. The van der Waals surface area contributed by atoms with Crippen molar-refractivity contribution in [1.29, 1.82) is 0 Å². The molecule has 3 aliphatic rings. The second-order valence-corrected chi connectivity index (χ2v) is 9.70. The van der Waals surface area contributed by atoms with E-state index in [-0.39, 0.29) is 6.10 Å². The van der Waals surface area contributed by atoms with Crippen LogP contribution in [0.3, 0.4) is 0 Å². The first-order valence-corrected chi connectivity index (χ1v) is 9.71. The summed E-state index contributed by atoms with van der Waals surface area (Å²) in [5.74, 6) is 1.97. The second kappa shape index (κ2) is 4.71. The number of fused-ring (bicyclic) bond motifs is 2. The Hall–Kier alpha value is -0.590. The molecule has 0 saturated heterocycles. The predicted molar refractivity (Wildman–Crippen MR) is 83.6 cm³/mol. The largest absolute Gasteiger partial charge is 0.322 e. The Kier molecular flexibility index (Phi) is 3.38. The second-order valence-electron chi connectivity index (χ2n) is 7.28. The summed E-state index contributed by atoms with van der Waals surface area (Å²) in [6, 6.07) is 9.64. The normalized spacial score (nSPS) is 37.8. The average Bonchev–Trinajstić information content (AvgIpc) is 2.41. The van der Waals surface area contributed by atoms with Crippen molar-refractivity contribution >= 4 is 12.7 Å². The molecule has 4 rings (SSSR count). The predicted octanol–water partition coefficient (Wildman–Crippen LogP) is 4.31. The molecule has 2 nitrogen and oxygen atoms in total. The lowest BCUT2D eigenvalue weighted by atomic mass is 9.45. The highest BCUT2D eigenvalue weighted by Crippen LogP contribution is 2.63. The lowest BCUT2D eigenvalue weighted by Gasteiger charge is -2.61. The lowest BCUT2D eigenvalue weighted by molar-refractivity contribution is -0.146. The van der Waals surface area contributed by atoms with E-state index in [0.717, 1.165) is 23.6 Å². The Balaban J connectivity index is 1.75. The van der Waals surface area contributed by atoms with Gasteiger partial charge in [0.15, 0.2) is 0 Å². The molecule has 3 saturated carbocycles. The molecule has 0 aliphatic heterocycles. The van der Waals surface area contributed by atoms with Crippen LogP contribution in [0.2, 0.25) is 0 Å². The van der Waals surface area contributed by atoms with Gasteiger partial charge in [-0.2, -0.15) is 0 Å². The molecule has 0 aromatic heterocycles. The van der Waals surface area contributed by atoms with Crippen LogP contribution in [0, 0.1) is 23.2 Å². The number of benzene rings is 1. The molecule has 20 heavy (non-hydrogen) atoms. The summed E-state index contributed by atoms with van der Waals surface area (Å²) < 4.78 is 19.0. The standard InChI is InChI=1S/C17H25O2P/c1-12-15-10-13(17(15,2)3)11-16(12)19-20(4,18)14-8-6-5-7-9-14/h5-9,12-13,15-16H,10-11H2,1-4H3/t12-,13+,15-,16-,20?/m0/s1. The molecular weight excluding hydrogens is 267 g/mol. The zero-order chi connectivity index (χ0) is 14.5. The van der Waals surface area contributed by atoms with Crippen LogP contribution >= 0.6 is 7.37 Å². The van der Waals surface area contributed by atoms with Gasteiger partial charge >= 0.3 is 0 Å². The highest BCUT2D eigenvalue weighted by atomic mass is 31.2. The molecule has 110 valence electrons. The van der Waals surface area contributed by atoms with Crippen molar-refractivity contribution in [2.45, 2.75) is 39.7 Å². The maximum absolute atomic E-state index is 12.9. The third-order valence-corrected chi connectivity index (χ3v) is 7.76. The molecule has 1 unspecified atom stereocenters. The maximum Gasteiger partial charge on any atom is 0.229 e. The van der Waals surface area contributed by atoms with Gasteiger partial charge in [-0.25, -0.2) is 0 Å². The molecule has 0 N–H and O–H groups in total. The van der Waals surface area contributed by atoms with Gasteiger partial charge in [-0.3, -0.25) is 4.57 Å². The van der Waals surface area contributed by atoms with Crippen LogP contribution < -0.4 is 5.30 Å². The molecular formula is C17H25O2P. The fraction of sp³-hybridized carbons (Fsp3) is 0.647. The first-order chi connectivity index (χ1) is 9.32. The minimum atomic E-state index is -2.70. The van der Waals surface area contributed by atoms with Gasteiger partial charge in [-0.1, -0.05) is 39.0 Å². The minimum Gasteiger partial charge on any atom is -0.322 e. The van der Waals surface area contributed by atoms with Gasteiger partial charge in [-0.15, -0.1) is 0 Å². The van der Waals surface area contributed by atoms with Crippen molar-refractivity contribution in [1.82, 2.24) is 0 Å². The summed E-state index contributed by atoms with van der Waals surface area (Å²) in [6.07, 6.45) is 2.55. The summed E-state index contributed by atoms with van der Waals surface area (Å²) in [6.45, 7) is 8.79. The third-order valence-electron chi connectivity index (χ3n) is 5.85. The molecule has 2 bridgehead atoms. The van der Waals surface area contributed by atoms with E-state index in [0.29, 0.717) is 11.3 Å². The summed E-state index contributed by atoms with van der Waals surface area (Å²) in [5, 5.41) is 0.839. The Labute approximate surface area is 122 Å². The van der Waals surface area contributed by atoms with Gasteiger partial charge < -0.3 is 4.52 Å². The summed E-state index contributed by atoms with van der Waals surface area (Å²) in [4.78, 5) is 0. The fourth-order valence-corrected chi connectivity index (χ4v) is 5.89. The van der Waals surface area contributed by atoms with E-state index >= 15 is 0 Å². The number of hydrogen-bond acceptors (Lipinski definition) is 2. The quantitative estimate of drug-likeness (QED) is 0.776. The Morgan fingerprint density at radius 1 is 1.20 bits per heavy atom. The van der Waals surface area contributed by atoms with E-state index in [1.807, 2.05) is 30.3 Å². The van der Waals surface area contributed by atoms with E-state index in [9.17, 15) is 4.57 Å². The van der Waals surface area contributed by atoms with Gasteiger partial charge in [-0.05, 0) is 48.1 Å². The fourth-order valence-electron chi connectivity index (χ4n) is 4.26. The molecule has 3 fully saturated rings. The summed E-state index contributed by atoms with van der Waals surface area (Å²) in [5.41, 5.74) is 0.448. The van der Waals surface area contributed by atoms with Gasteiger partial charge in [0.25, 0.3) is 0 Å². The van der Waals surface area contributed by atoms with E-state index in [2.05, 4.69) is 20.8 Å². The maximum atomic E-state index is 12.9. The van der Waals surface area contributed by atoms with Gasteiger partial charge in [0, 0.05) is 12.0 Å². The van der Waals surface area contributed by atoms with Crippen molar-refractivity contribution < 1.29 is 9.09 Å². The molecule has 1 aromatic rings. The van der Waals surface area contributed by atoms with Crippen LogP contribution in [0.4, 0.5) is 0 Å². The van der Waals surface area contributed by atoms with Crippen LogP contribution in [0.1, 0.15) is 33.6 Å². The molecule has 3 aliphatic carbocycles. The smallest absolute Gasteiger partial charge is 0.229 e. The monoisotopic (exact) mass is 292 g/mol. The van der Waals surface area contributed by atoms with Crippen LogP contribution in [-0.2, 0) is 9.09 Å². The molecule has 3 heteroatoms. The lowest BCUT2D eigenvalue weighted by Crippen LogP contribution is -2.57. The summed E-state index contributed by atoms with van der Waals surface area (Å²) in [7, 11) is -2.70. The first kappa shape index (κ1) is 14.4. The SMILES string of the molecule is C[C@@H]1[C@@H](OP(C)(=O)c2ccccc2)C[C@H]2C[C@@H]1C2(C)C. The van der Waals surface area contributed by atoms with Crippen molar-refractivity contribution in [3.8, 4) is 0 Å². The van der Waals surface area contributed by atoms with Crippen LogP contribution in [-0.4, -0.2) is 12.8 Å². The van der Waals surface area contributed by atoms with E-state index in [4.69, 9.17) is 4.52 Å². The number of hydrogen-bond donors (Lipinski definition) is 0. The van der Waals surface area contributed by atoms with Crippen molar-refractivity contribution in [2.75, 3.05) is 6.66 Å². The highest BCUT2D eigenvalue weighted by Gasteiger charge is 2.57. The Morgan fingerprint density at radius 2 is 1.85 bits per heavy atom. The molecule has 0 amide bonds. The van der Waals surface area contributed by atoms with Gasteiger partial charge in [0.1, 0.15) is 0 Å². The Morgan fingerprint density at radius 3 is 2.40 bits per heavy atom. The van der Waals surface area contributed by atoms with E-state index < -0.39 is 7.37 Å². The zero-order valence-corrected chi connectivity index (χ0v) is 13.8. The topological polar surface area (TPSA) is 26.3 Å². The molecule has 0 spiro atoms. The molecule has 5 atom stereocenters. The average molecular weight is 292 g/mol. The van der Waals surface area contributed by atoms with E-state index in [1.165, 1.54) is 6.42 Å². The molecule has 0 radical (unpaired) electrons. The Bertz CT molecular complexity index is 537. The van der Waals surface area contributed by atoms with Gasteiger partial charge in [0.2, 0.25) is 7.37 Å². The van der Waals surface area contributed by atoms with Gasteiger partial charge in [0.05, 0.1) is 6.10 Å². The van der Waals surface area contributed by atoms with Crippen molar-refractivity contribution in [3.63, 3.8) is 0 Å². The summed E-state index contributed by atoms with van der Waals surface area (Å²) >= 11 is 0. The third kappa shape index (κ3) is 2.18. The van der Waals surface area contributed by atoms with Crippen LogP contribution in [0.25, 0.3) is 0 Å². The first-order valence-electron chi connectivity index (χ1n) is 7.64. The van der Waals surface area contributed by atoms with Crippen molar-refractivity contribution in [3.05, 3.63) is 30.3 Å². The molecule has 0 heterocycles. The van der Waals surface area contributed by atoms with Crippen LogP contribution in [0.5, 0.6) is 0 Å². The van der Waals surface area contributed by atoms with Crippen LogP contribution in [0.15, 0.2) is 30.3 Å². The zero-order valence-electron chi connectivity index (χ0n) is 12.9. The number of rotatable bonds is 3.